The Morgan fingerprint density at radius 1 is 1.00 bits per heavy atom. The first kappa shape index (κ1) is 18.7. The summed E-state index contributed by atoms with van der Waals surface area (Å²) in [7, 11) is 3.16. The predicted octanol–water partition coefficient (Wildman–Crippen LogP) is 4.50. The molecule has 0 radical (unpaired) electrons. The van der Waals surface area contributed by atoms with E-state index in [0.29, 0.717) is 30.1 Å². The highest BCUT2D eigenvalue weighted by atomic mass is 16.5. The largest absolute Gasteiger partial charge is 0.493 e. The zero-order valence-electron chi connectivity index (χ0n) is 16.3. The second-order valence-corrected chi connectivity index (χ2v) is 6.72. The van der Waals surface area contributed by atoms with E-state index >= 15 is 0 Å². The number of methoxy groups -OCH3 is 2. The normalized spacial score (nSPS) is 14.0. The number of carbonyl (C=O) groups excluding carboxylic acids is 1. The number of benzene rings is 2. The maximum absolute atomic E-state index is 12.9. The van der Waals surface area contributed by atoms with Crippen molar-refractivity contribution in [3.05, 3.63) is 88.8 Å². The van der Waals surface area contributed by atoms with Gasteiger partial charge in [0.25, 0.3) is 0 Å². The third-order valence-electron chi connectivity index (χ3n) is 4.84. The van der Waals surface area contributed by atoms with E-state index in [1.165, 1.54) is 0 Å². The summed E-state index contributed by atoms with van der Waals surface area (Å²) in [6.07, 6.45) is 4.22. The van der Waals surface area contributed by atoms with Gasteiger partial charge in [-0.1, -0.05) is 18.2 Å². The van der Waals surface area contributed by atoms with E-state index in [1.807, 2.05) is 54.6 Å². The first-order valence-electron chi connectivity index (χ1n) is 9.31. The third kappa shape index (κ3) is 3.99. The topological polar surface area (TPSA) is 57.7 Å². The standard InChI is InChI=1S/C24H21NO4/c1-27-22-13-17-12-18(24(26)21(17)14-23(22)28-2)10-16-6-5-8-20(11-16)29-15-19-7-3-4-9-25-19/h3-11,13-14H,12,15H2,1-2H3/b18-10-. The summed E-state index contributed by atoms with van der Waals surface area (Å²) < 4.78 is 16.5. The minimum Gasteiger partial charge on any atom is -0.493 e. The van der Waals surface area contributed by atoms with Crippen LogP contribution in [0, 0.1) is 0 Å². The van der Waals surface area contributed by atoms with E-state index < -0.39 is 0 Å². The van der Waals surface area contributed by atoms with E-state index in [-0.39, 0.29) is 5.78 Å². The maximum Gasteiger partial charge on any atom is 0.189 e. The molecule has 2 aromatic carbocycles. The molecule has 0 atom stereocenters. The van der Waals surface area contributed by atoms with Crippen molar-refractivity contribution in [2.75, 3.05) is 14.2 Å². The van der Waals surface area contributed by atoms with Crippen LogP contribution in [0.4, 0.5) is 0 Å². The molecule has 1 aromatic heterocycles. The SMILES string of the molecule is COc1cc2c(cc1OC)C(=O)/C(=C\c1cccc(OCc3ccccn3)c1)C2. The number of ether oxygens (including phenoxy) is 3. The maximum atomic E-state index is 12.9. The lowest BCUT2D eigenvalue weighted by Gasteiger charge is -2.08. The second kappa shape index (κ2) is 8.19. The van der Waals surface area contributed by atoms with Gasteiger partial charge in [0.05, 0.1) is 19.9 Å². The molecule has 5 heteroatoms. The highest BCUT2D eigenvalue weighted by molar-refractivity contribution is 6.15. The molecule has 1 heterocycles. The molecule has 0 spiro atoms. The van der Waals surface area contributed by atoms with Crippen LogP contribution in [-0.2, 0) is 13.0 Å². The molecule has 0 fully saturated rings. The fourth-order valence-corrected chi connectivity index (χ4v) is 3.39. The van der Waals surface area contributed by atoms with Crippen molar-refractivity contribution < 1.29 is 19.0 Å². The smallest absolute Gasteiger partial charge is 0.189 e. The number of hydrogen-bond acceptors (Lipinski definition) is 5. The van der Waals surface area contributed by atoms with Crippen molar-refractivity contribution in [2.45, 2.75) is 13.0 Å². The Bertz CT molecular complexity index is 1070. The molecule has 0 saturated heterocycles. The number of carbonyl (C=O) groups is 1. The highest BCUT2D eigenvalue weighted by Gasteiger charge is 2.27. The molecule has 0 aliphatic heterocycles. The molecule has 0 bridgehead atoms. The Hall–Kier alpha value is -3.60. The number of rotatable bonds is 6. The van der Waals surface area contributed by atoms with E-state index in [0.717, 1.165) is 28.1 Å². The van der Waals surface area contributed by atoms with Crippen molar-refractivity contribution in [2.24, 2.45) is 0 Å². The Morgan fingerprint density at radius 3 is 2.59 bits per heavy atom. The number of ketones is 1. The molecule has 146 valence electrons. The lowest BCUT2D eigenvalue weighted by atomic mass is 10.1. The fraction of sp³-hybridized carbons (Fsp3) is 0.167. The Labute approximate surface area is 169 Å². The molecular formula is C24H21NO4. The molecule has 29 heavy (non-hydrogen) atoms. The number of Topliss-reactive ketones (excluding diaryl/α,β-unsaturated/α-hetero) is 1. The van der Waals surface area contributed by atoms with Crippen LogP contribution in [0.2, 0.25) is 0 Å². The molecule has 1 aliphatic rings. The number of nitrogens with zero attached hydrogens (tertiary/aromatic N) is 1. The van der Waals surface area contributed by atoms with Crippen LogP contribution in [0.25, 0.3) is 6.08 Å². The molecule has 5 nitrogen and oxygen atoms in total. The van der Waals surface area contributed by atoms with Crippen molar-refractivity contribution in [1.29, 1.82) is 0 Å². The van der Waals surface area contributed by atoms with Crippen LogP contribution in [0.3, 0.4) is 0 Å². The van der Waals surface area contributed by atoms with Gasteiger partial charge >= 0.3 is 0 Å². The van der Waals surface area contributed by atoms with Gasteiger partial charge < -0.3 is 14.2 Å². The molecule has 3 aromatic rings. The predicted molar refractivity (Wildman–Crippen MR) is 111 cm³/mol. The van der Waals surface area contributed by atoms with Crippen LogP contribution in [0.5, 0.6) is 17.2 Å². The van der Waals surface area contributed by atoms with Gasteiger partial charge in [-0.25, -0.2) is 0 Å². The van der Waals surface area contributed by atoms with Crippen LogP contribution in [0.15, 0.2) is 66.4 Å². The first-order valence-corrected chi connectivity index (χ1v) is 9.31. The number of hydrogen-bond donors (Lipinski definition) is 0. The van der Waals surface area contributed by atoms with Gasteiger partial charge in [-0.3, -0.25) is 9.78 Å². The van der Waals surface area contributed by atoms with Crippen molar-refractivity contribution in [1.82, 2.24) is 4.98 Å². The lowest BCUT2D eigenvalue weighted by Crippen LogP contribution is -1.98. The monoisotopic (exact) mass is 387 g/mol. The van der Waals surface area contributed by atoms with E-state index in [4.69, 9.17) is 14.2 Å². The summed E-state index contributed by atoms with van der Waals surface area (Å²) >= 11 is 0. The van der Waals surface area contributed by atoms with Gasteiger partial charge in [0.2, 0.25) is 0 Å². The van der Waals surface area contributed by atoms with Gasteiger partial charge in [0.15, 0.2) is 17.3 Å². The summed E-state index contributed by atoms with van der Waals surface area (Å²) in [5, 5.41) is 0. The quantitative estimate of drug-likeness (QED) is 0.583. The summed E-state index contributed by atoms with van der Waals surface area (Å²) in [5.74, 6) is 1.94. The van der Waals surface area contributed by atoms with Gasteiger partial charge in [-0.2, -0.15) is 0 Å². The van der Waals surface area contributed by atoms with E-state index in [1.54, 1.807) is 26.5 Å². The average Bonchev–Trinajstić information content (AvgIpc) is 3.06. The number of fused-ring (bicyclic) bond motifs is 1. The minimum atomic E-state index is 0.0146. The van der Waals surface area contributed by atoms with E-state index in [9.17, 15) is 4.79 Å². The summed E-state index contributed by atoms with van der Waals surface area (Å²) in [5.41, 5.74) is 4.12. The minimum absolute atomic E-state index is 0.0146. The summed E-state index contributed by atoms with van der Waals surface area (Å²) in [4.78, 5) is 17.1. The number of pyridine rings is 1. The second-order valence-electron chi connectivity index (χ2n) is 6.72. The van der Waals surface area contributed by atoms with Gasteiger partial charge in [-0.05, 0) is 53.6 Å². The zero-order valence-corrected chi connectivity index (χ0v) is 16.3. The fourth-order valence-electron chi connectivity index (χ4n) is 3.39. The molecule has 0 saturated carbocycles. The molecule has 1 aliphatic carbocycles. The van der Waals surface area contributed by atoms with Crippen LogP contribution in [0.1, 0.15) is 27.2 Å². The first-order chi connectivity index (χ1) is 14.2. The third-order valence-corrected chi connectivity index (χ3v) is 4.84. The lowest BCUT2D eigenvalue weighted by molar-refractivity contribution is 0.104. The summed E-state index contributed by atoms with van der Waals surface area (Å²) in [6.45, 7) is 0.394. The highest BCUT2D eigenvalue weighted by Crippen LogP contribution is 2.37. The van der Waals surface area contributed by atoms with Crippen LogP contribution in [-0.4, -0.2) is 25.0 Å². The summed E-state index contributed by atoms with van der Waals surface area (Å²) in [6, 6.07) is 17.0. The molecule has 4 rings (SSSR count). The van der Waals surface area contributed by atoms with E-state index in [2.05, 4.69) is 4.98 Å². The van der Waals surface area contributed by atoms with Crippen molar-refractivity contribution >= 4 is 11.9 Å². The Morgan fingerprint density at radius 2 is 1.83 bits per heavy atom. The molecule has 0 amide bonds. The van der Waals surface area contributed by atoms with Gasteiger partial charge in [-0.15, -0.1) is 0 Å². The number of allylic oxidation sites excluding steroid dienone is 1. The molecule has 0 N–H and O–H groups in total. The zero-order chi connectivity index (χ0) is 20.2. The van der Waals surface area contributed by atoms with Gasteiger partial charge in [0, 0.05) is 23.8 Å². The van der Waals surface area contributed by atoms with Crippen molar-refractivity contribution in [3.63, 3.8) is 0 Å². The molecule has 0 unspecified atom stereocenters. The number of aromatic nitrogens is 1. The van der Waals surface area contributed by atoms with Crippen molar-refractivity contribution in [3.8, 4) is 17.2 Å². The van der Waals surface area contributed by atoms with Crippen LogP contribution >= 0.6 is 0 Å². The van der Waals surface area contributed by atoms with Gasteiger partial charge in [0.1, 0.15) is 12.4 Å². The Balaban J connectivity index is 1.54. The molecular weight excluding hydrogens is 366 g/mol. The van der Waals surface area contributed by atoms with Crippen LogP contribution < -0.4 is 14.2 Å². The Kier molecular flexibility index (Phi) is 5.29. The average molecular weight is 387 g/mol.